The Balaban J connectivity index is 1.53. The molecule has 126 valence electrons. The minimum absolute atomic E-state index is 0.334. The molecule has 26 heavy (non-hydrogen) atoms. The monoisotopic (exact) mass is 362 g/mol. The summed E-state index contributed by atoms with van der Waals surface area (Å²) in [5.41, 5.74) is 3.85. The first-order chi connectivity index (χ1) is 12.8. The number of aromatic nitrogens is 8. The molecule has 0 aliphatic heterocycles. The van der Waals surface area contributed by atoms with Crippen LogP contribution in [0.3, 0.4) is 0 Å². The molecule has 5 rings (SSSR count). The van der Waals surface area contributed by atoms with Crippen molar-refractivity contribution in [3.63, 3.8) is 0 Å². The topological polar surface area (TPSA) is 87.2 Å². The van der Waals surface area contributed by atoms with Crippen LogP contribution < -0.4 is 0 Å². The van der Waals surface area contributed by atoms with Crippen molar-refractivity contribution in [1.82, 2.24) is 39.5 Å². The molecule has 9 heteroatoms. The number of nitrogens with zero attached hydrogens (tertiary/aromatic N) is 8. The van der Waals surface area contributed by atoms with Crippen LogP contribution in [-0.4, -0.2) is 39.5 Å². The van der Waals surface area contributed by atoms with Gasteiger partial charge in [0.15, 0.2) is 10.8 Å². The van der Waals surface area contributed by atoms with Gasteiger partial charge in [0.1, 0.15) is 17.5 Å². The number of pyridine rings is 1. The molecule has 5 aromatic rings. The predicted molar refractivity (Wildman–Crippen MR) is 96.1 cm³/mol. The Bertz CT molecular complexity index is 1240. The molecule has 4 heterocycles. The summed E-state index contributed by atoms with van der Waals surface area (Å²) in [7, 11) is 0. The van der Waals surface area contributed by atoms with Gasteiger partial charge in [-0.05, 0) is 12.1 Å². The fourth-order valence-corrected chi connectivity index (χ4v) is 3.09. The fraction of sp³-hybridized carbons (Fsp3) is 0.0588. The van der Waals surface area contributed by atoms with Gasteiger partial charge in [-0.25, -0.2) is 19.6 Å². The predicted octanol–water partition coefficient (Wildman–Crippen LogP) is 2.66. The first-order valence-electron chi connectivity index (χ1n) is 7.86. The Morgan fingerprint density at radius 2 is 1.92 bits per heavy atom. The van der Waals surface area contributed by atoms with Gasteiger partial charge in [0.25, 0.3) is 0 Å². The van der Waals surface area contributed by atoms with Crippen molar-refractivity contribution >= 4 is 33.7 Å². The van der Waals surface area contributed by atoms with Crippen molar-refractivity contribution in [2.75, 3.05) is 0 Å². The molecule has 0 radical (unpaired) electrons. The standard InChI is InChI=1S/C17H11ClN8/c18-16-15-17(21-9-20-16)25(10-22-15)7-11-8-26(24-23-11)14-5-6-19-13-4-2-1-3-12(13)14/h1-6,8-10H,7H2. The molecule has 0 spiro atoms. The summed E-state index contributed by atoms with van der Waals surface area (Å²) in [5.74, 6) is 0. The van der Waals surface area contributed by atoms with E-state index in [0.29, 0.717) is 22.9 Å². The molecule has 0 saturated heterocycles. The van der Waals surface area contributed by atoms with E-state index in [2.05, 4.69) is 30.2 Å². The maximum Gasteiger partial charge on any atom is 0.165 e. The Labute approximate surface area is 152 Å². The summed E-state index contributed by atoms with van der Waals surface area (Å²) >= 11 is 6.05. The van der Waals surface area contributed by atoms with E-state index in [-0.39, 0.29) is 0 Å². The molecular formula is C17H11ClN8. The lowest BCUT2D eigenvalue weighted by molar-refractivity contribution is 0.766. The third-order valence-corrected chi connectivity index (χ3v) is 4.38. The first kappa shape index (κ1) is 14.9. The van der Waals surface area contributed by atoms with E-state index in [1.807, 2.05) is 41.1 Å². The molecule has 0 atom stereocenters. The highest BCUT2D eigenvalue weighted by atomic mass is 35.5. The third kappa shape index (κ3) is 2.39. The van der Waals surface area contributed by atoms with Crippen LogP contribution in [-0.2, 0) is 6.54 Å². The van der Waals surface area contributed by atoms with E-state index in [4.69, 9.17) is 11.6 Å². The van der Waals surface area contributed by atoms with Gasteiger partial charge in [-0.2, -0.15) is 0 Å². The lowest BCUT2D eigenvalue weighted by Gasteiger charge is -2.04. The minimum Gasteiger partial charge on any atom is -0.309 e. The number of benzene rings is 1. The average Bonchev–Trinajstić information content (AvgIpc) is 3.30. The lowest BCUT2D eigenvalue weighted by atomic mass is 10.2. The van der Waals surface area contributed by atoms with Crippen molar-refractivity contribution in [3.05, 3.63) is 66.2 Å². The van der Waals surface area contributed by atoms with E-state index < -0.39 is 0 Å². The minimum atomic E-state index is 0.334. The maximum atomic E-state index is 6.05. The second-order valence-electron chi connectivity index (χ2n) is 5.71. The van der Waals surface area contributed by atoms with E-state index in [1.54, 1.807) is 17.2 Å². The van der Waals surface area contributed by atoms with Crippen molar-refractivity contribution < 1.29 is 0 Å². The van der Waals surface area contributed by atoms with E-state index in [1.165, 1.54) is 6.33 Å². The van der Waals surface area contributed by atoms with Crippen LogP contribution in [0.25, 0.3) is 27.8 Å². The van der Waals surface area contributed by atoms with Crippen LogP contribution in [0.5, 0.6) is 0 Å². The Morgan fingerprint density at radius 1 is 1.00 bits per heavy atom. The second-order valence-corrected chi connectivity index (χ2v) is 6.07. The van der Waals surface area contributed by atoms with Gasteiger partial charge < -0.3 is 4.57 Å². The summed E-state index contributed by atoms with van der Waals surface area (Å²) in [6, 6.07) is 9.84. The number of rotatable bonds is 3. The Kier molecular flexibility index (Phi) is 3.36. The molecule has 4 aromatic heterocycles. The molecule has 0 bridgehead atoms. The molecule has 0 saturated carbocycles. The smallest absolute Gasteiger partial charge is 0.165 e. The van der Waals surface area contributed by atoms with Crippen molar-refractivity contribution in [3.8, 4) is 5.69 Å². The van der Waals surface area contributed by atoms with Gasteiger partial charge in [0.05, 0.1) is 30.3 Å². The second kappa shape index (κ2) is 5.85. The normalized spacial score (nSPS) is 11.4. The number of hydrogen-bond acceptors (Lipinski definition) is 6. The quantitative estimate of drug-likeness (QED) is 0.458. The maximum absolute atomic E-state index is 6.05. The Morgan fingerprint density at radius 3 is 2.88 bits per heavy atom. The summed E-state index contributed by atoms with van der Waals surface area (Å²) in [6.07, 6.45) is 6.74. The molecule has 8 nitrogen and oxygen atoms in total. The van der Waals surface area contributed by atoms with Gasteiger partial charge in [0, 0.05) is 11.6 Å². The van der Waals surface area contributed by atoms with E-state index in [0.717, 1.165) is 22.3 Å². The first-order valence-corrected chi connectivity index (χ1v) is 8.24. The van der Waals surface area contributed by atoms with Crippen LogP contribution in [0.15, 0.2) is 55.4 Å². The van der Waals surface area contributed by atoms with Crippen LogP contribution in [0.1, 0.15) is 5.69 Å². The van der Waals surface area contributed by atoms with Gasteiger partial charge >= 0.3 is 0 Å². The fourth-order valence-electron chi connectivity index (χ4n) is 2.91. The molecule has 0 aliphatic carbocycles. The summed E-state index contributed by atoms with van der Waals surface area (Å²) < 4.78 is 3.61. The summed E-state index contributed by atoms with van der Waals surface area (Å²) in [6.45, 7) is 0.479. The summed E-state index contributed by atoms with van der Waals surface area (Å²) in [5, 5.41) is 9.88. The highest BCUT2D eigenvalue weighted by Gasteiger charge is 2.11. The van der Waals surface area contributed by atoms with Crippen LogP contribution in [0.4, 0.5) is 0 Å². The zero-order chi connectivity index (χ0) is 17.5. The number of fused-ring (bicyclic) bond motifs is 2. The number of imidazole rings is 1. The molecule has 0 aliphatic rings. The van der Waals surface area contributed by atoms with Crippen molar-refractivity contribution in [2.24, 2.45) is 0 Å². The molecule has 0 fully saturated rings. The van der Waals surface area contributed by atoms with E-state index >= 15 is 0 Å². The molecule has 0 unspecified atom stereocenters. The van der Waals surface area contributed by atoms with Gasteiger partial charge in [-0.15, -0.1) is 5.10 Å². The molecule has 0 N–H and O–H groups in total. The van der Waals surface area contributed by atoms with Crippen LogP contribution in [0, 0.1) is 0 Å². The van der Waals surface area contributed by atoms with Gasteiger partial charge in [-0.3, -0.25) is 4.98 Å². The zero-order valence-electron chi connectivity index (χ0n) is 13.4. The van der Waals surface area contributed by atoms with Gasteiger partial charge in [-0.1, -0.05) is 35.0 Å². The lowest BCUT2D eigenvalue weighted by Crippen LogP contribution is -2.00. The van der Waals surface area contributed by atoms with Crippen molar-refractivity contribution in [1.29, 1.82) is 0 Å². The van der Waals surface area contributed by atoms with Crippen molar-refractivity contribution in [2.45, 2.75) is 6.54 Å². The number of hydrogen-bond donors (Lipinski definition) is 0. The van der Waals surface area contributed by atoms with E-state index in [9.17, 15) is 0 Å². The highest BCUT2D eigenvalue weighted by Crippen LogP contribution is 2.20. The largest absolute Gasteiger partial charge is 0.309 e. The zero-order valence-corrected chi connectivity index (χ0v) is 14.1. The molecule has 1 aromatic carbocycles. The third-order valence-electron chi connectivity index (χ3n) is 4.10. The average molecular weight is 363 g/mol. The van der Waals surface area contributed by atoms with Crippen LogP contribution >= 0.6 is 11.6 Å². The Hall–Kier alpha value is -3.39. The molecular weight excluding hydrogens is 352 g/mol. The summed E-state index contributed by atoms with van der Waals surface area (Å²) in [4.78, 5) is 16.8. The molecule has 0 amide bonds. The number of halogens is 1. The van der Waals surface area contributed by atoms with Gasteiger partial charge in [0.2, 0.25) is 0 Å². The SMILES string of the molecule is Clc1ncnc2c1ncn2Cc1cn(-c2ccnc3ccccc23)nn1. The number of para-hydroxylation sites is 1. The van der Waals surface area contributed by atoms with Crippen LogP contribution in [0.2, 0.25) is 5.15 Å². The highest BCUT2D eigenvalue weighted by molar-refractivity contribution is 6.33.